The molecule has 0 saturated carbocycles. The van der Waals surface area contributed by atoms with Crippen molar-refractivity contribution in [1.29, 1.82) is 0 Å². The minimum Gasteiger partial charge on any atom is -0.480 e. The Hall–Kier alpha value is -1.34. The molecule has 98 valence electrons. The van der Waals surface area contributed by atoms with E-state index in [-0.39, 0.29) is 6.10 Å². The lowest BCUT2D eigenvalue weighted by Crippen LogP contribution is -2.52. The number of carboxylic acid groups (broad SMARTS) is 1. The zero-order valence-electron chi connectivity index (χ0n) is 9.76. The summed E-state index contributed by atoms with van der Waals surface area (Å²) in [7, 11) is 1.63. The molecule has 1 saturated heterocycles. The van der Waals surface area contributed by atoms with E-state index in [9.17, 15) is 9.59 Å². The lowest BCUT2D eigenvalue weighted by atomic mass is 10.1. The van der Waals surface area contributed by atoms with Crippen LogP contribution in [0.25, 0.3) is 0 Å². The van der Waals surface area contributed by atoms with Crippen LogP contribution >= 0.6 is 0 Å². The van der Waals surface area contributed by atoms with Crippen LogP contribution in [-0.2, 0) is 9.53 Å². The Morgan fingerprint density at radius 3 is 2.47 bits per heavy atom. The second-order valence-corrected chi connectivity index (χ2v) is 3.94. The van der Waals surface area contributed by atoms with E-state index >= 15 is 0 Å². The molecule has 0 bridgehead atoms. The molecule has 0 spiro atoms. The molecule has 7 heteroatoms. The number of urea groups is 1. The highest BCUT2D eigenvalue weighted by molar-refractivity contribution is 5.82. The van der Waals surface area contributed by atoms with Gasteiger partial charge in [-0.05, 0) is 12.8 Å². The molecule has 7 nitrogen and oxygen atoms in total. The predicted octanol–water partition coefficient (Wildman–Crippen LogP) is -0.748. The number of piperidine rings is 1. The van der Waals surface area contributed by atoms with Gasteiger partial charge in [0.2, 0.25) is 0 Å². The van der Waals surface area contributed by atoms with Gasteiger partial charge in [0.1, 0.15) is 0 Å². The Labute approximate surface area is 99.4 Å². The van der Waals surface area contributed by atoms with E-state index in [0.717, 1.165) is 12.8 Å². The monoisotopic (exact) mass is 246 g/mol. The van der Waals surface area contributed by atoms with Crippen LogP contribution in [0, 0.1) is 0 Å². The average Bonchev–Trinajstić information content (AvgIpc) is 2.35. The zero-order chi connectivity index (χ0) is 12.8. The fourth-order valence-corrected chi connectivity index (χ4v) is 1.72. The van der Waals surface area contributed by atoms with E-state index in [1.165, 1.54) is 4.90 Å². The predicted molar refractivity (Wildman–Crippen MR) is 58.6 cm³/mol. The molecular formula is C10H18N2O5. The number of hydrogen-bond donors (Lipinski definition) is 3. The molecule has 1 atom stereocenters. The first kappa shape index (κ1) is 13.7. The number of hydrogen-bond acceptors (Lipinski definition) is 4. The van der Waals surface area contributed by atoms with Crippen molar-refractivity contribution in [3.8, 4) is 0 Å². The van der Waals surface area contributed by atoms with Gasteiger partial charge in [0.15, 0.2) is 6.04 Å². The maximum absolute atomic E-state index is 11.7. The van der Waals surface area contributed by atoms with Crippen LogP contribution in [0.3, 0.4) is 0 Å². The van der Waals surface area contributed by atoms with Crippen molar-refractivity contribution in [2.24, 2.45) is 0 Å². The van der Waals surface area contributed by atoms with Gasteiger partial charge in [0, 0.05) is 20.2 Å². The zero-order valence-corrected chi connectivity index (χ0v) is 9.76. The number of ether oxygens (including phenoxy) is 1. The van der Waals surface area contributed by atoms with Crippen LogP contribution in [0.4, 0.5) is 4.79 Å². The first-order chi connectivity index (χ1) is 8.08. The molecule has 0 aromatic heterocycles. The summed E-state index contributed by atoms with van der Waals surface area (Å²) in [6, 6.07) is -1.70. The highest BCUT2D eigenvalue weighted by atomic mass is 16.5. The highest BCUT2D eigenvalue weighted by Gasteiger charge is 2.26. The topological polar surface area (TPSA) is 99.1 Å². The number of aliphatic hydroxyl groups is 1. The summed E-state index contributed by atoms with van der Waals surface area (Å²) in [4.78, 5) is 23.8. The molecule has 0 unspecified atom stereocenters. The second-order valence-electron chi connectivity index (χ2n) is 3.94. The molecule has 0 aliphatic carbocycles. The molecule has 1 fully saturated rings. The van der Waals surface area contributed by atoms with Gasteiger partial charge in [-0.2, -0.15) is 0 Å². The van der Waals surface area contributed by atoms with E-state index in [1.807, 2.05) is 0 Å². The molecule has 17 heavy (non-hydrogen) atoms. The normalized spacial score (nSPS) is 18.8. The number of carbonyl (C=O) groups excluding carboxylic acids is 1. The molecule has 1 aliphatic heterocycles. The first-order valence-corrected chi connectivity index (χ1v) is 5.50. The van der Waals surface area contributed by atoms with Gasteiger partial charge in [-0.3, -0.25) is 0 Å². The number of nitrogens with zero attached hydrogens (tertiary/aromatic N) is 1. The lowest BCUT2D eigenvalue weighted by molar-refractivity contribution is -0.140. The van der Waals surface area contributed by atoms with Crippen LogP contribution in [0.2, 0.25) is 0 Å². The van der Waals surface area contributed by atoms with E-state index in [1.54, 1.807) is 7.11 Å². The van der Waals surface area contributed by atoms with E-state index < -0.39 is 24.6 Å². The Morgan fingerprint density at radius 1 is 1.47 bits per heavy atom. The molecule has 0 aromatic rings. The Morgan fingerprint density at radius 2 is 2.06 bits per heavy atom. The Bertz CT molecular complexity index is 276. The molecule has 2 amide bonds. The summed E-state index contributed by atoms with van der Waals surface area (Å²) < 4.78 is 5.17. The van der Waals surface area contributed by atoms with Crippen LogP contribution in [-0.4, -0.2) is 66.1 Å². The maximum Gasteiger partial charge on any atom is 0.328 e. The minimum absolute atomic E-state index is 0.159. The Kier molecular flexibility index (Phi) is 5.17. The van der Waals surface area contributed by atoms with Gasteiger partial charge in [-0.15, -0.1) is 0 Å². The SMILES string of the molecule is COC1CCN(C(=O)N[C@@H](CO)C(=O)O)CC1. The number of amides is 2. The lowest BCUT2D eigenvalue weighted by Gasteiger charge is -2.31. The number of nitrogens with one attached hydrogen (secondary N) is 1. The summed E-state index contributed by atoms with van der Waals surface area (Å²) >= 11 is 0. The second kappa shape index (κ2) is 6.41. The van der Waals surface area contributed by atoms with Gasteiger partial charge in [0.05, 0.1) is 12.7 Å². The van der Waals surface area contributed by atoms with E-state index in [4.69, 9.17) is 14.9 Å². The molecule has 0 radical (unpaired) electrons. The highest BCUT2D eigenvalue weighted by Crippen LogP contribution is 2.12. The summed E-state index contributed by atoms with van der Waals surface area (Å²) in [5.41, 5.74) is 0. The summed E-state index contributed by atoms with van der Waals surface area (Å²) in [5.74, 6) is -1.24. The molecule has 1 aliphatic rings. The number of aliphatic carboxylic acids is 1. The van der Waals surface area contributed by atoms with E-state index in [0.29, 0.717) is 13.1 Å². The number of rotatable bonds is 4. The minimum atomic E-state index is -1.25. The third kappa shape index (κ3) is 3.86. The standard InChI is InChI=1S/C10H18N2O5/c1-17-7-2-4-12(5-3-7)10(16)11-8(6-13)9(14)15/h7-8,13H,2-6H2,1H3,(H,11,16)(H,14,15)/t8-/m0/s1. The number of carbonyl (C=O) groups is 2. The van der Waals surface area contributed by atoms with Crippen molar-refractivity contribution in [3.63, 3.8) is 0 Å². The molecule has 0 aromatic carbocycles. The quantitative estimate of drug-likeness (QED) is 0.606. The van der Waals surface area contributed by atoms with Crippen LogP contribution in [0.1, 0.15) is 12.8 Å². The fraction of sp³-hybridized carbons (Fsp3) is 0.800. The summed E-state index contributed by atoms with van der Waals surface area (Å²) in [6.45, 7) is 0.444. The number of methoxy groups -OCH3 is 1. The van der Waals surface area contributed by atoms with Gasteiger partial charge >= 0.3 is 12.0 Å². The van der Waals surface area contributed by atoms with Gasteiger partial charge in [-0.1, -0.05) is 0 Å². The smallest absolute Gasteiger partial charge is 0.328 e. The van der Waals surface area contributed by atoms with Crippen LogP contribution in [0.15, 0.2) is 0 Å². The van der Waals surface area contributed by atoms with Crippen LogP contribution < -0.4 is 5.32 Å². The van der Waals surface area contributed by atoms with Gasteiger partial charge in [0.25, 0.3) is 0 Å². The fourth-order valence-electron chi connectivity index (χ4n) is 1.72. The van der Waals surface area contributed by atoms with Crippen LogP contribution in [0.5, 0.6) is 0 Å². The van der Waals surface area contributed by atoms with E-state index in [2.05, 4.69) is 5.32 Å². The number of carboxylic acids is 1. The summed E-state index contributed by atoms with van der Waals surface area (Å²) in [6.07, 6.45) is 1.63. The first-order valence-electron chi connectivity index (χ1n) is 5.50. The molecule has 3 N–H and O–H groups in total. The maximum atomic E-state index is 11.7. The third-order valence-corrected chi connectivity index (χ3v) is 2.84. The summed E-state index contributed by atoms with van der Waals surface area (Å²) in [5, 5.41) is 19.7. The van der Waals surface area contributed by atoms with Crippen molar-refractivity contribution in [3.05, 3.63) is 0 Å². The molecular weight excluding hydrogens is 228 g/mol. The van der Waals surface area contributed by atoms with Crippen molar-refractivity contribution >= 4 is 12.0 Å². The van der Waals surface area contributed by atoms with Crippen molar-refractivity contribution in [2.75, 3.05) is 26.8 Å². The molecule has 1 rings (SSSR count). The number of aliphatic hydroxyl groups excluding tert-OH is 1. The Balaban J connectivity index is 2.41. The third-order valence-electron chi connectivity index (χ3n) is 2.84. The van der Waals surface area contributed by atoms with Gasteiger partial charge in [-0.25, -0.2) is 9.59 Å². The average molecular weight is 246 g/mol. The van der Waals surface area contributed by atoms with Crippen molar-refractivity contribution in [2.45, 2.75) is 25.0 Å². The molecule has 1 heterocycles. The number of likely N-dealkylation sites (tertiary alicyclic amines) is 1. The largest absolute Gasteiger partial charge is 0.480 e. The van der Waals surface area contributed by atoms with Gasteiger partial charge < -0.3 is 25.2 Å². The van der Waals surface area contributed by atoms with Crippen molar-refractivity contribution < 1.29 is 24.5 Å². The van der Waals surface area contributed by atoms with Crippen molar-refractivity contribution in [1.82, 2.24) is 10.2 Å².